The third-order valence-corrected chi connectivity index (χ3v) is 4.50. The number of aromatic nitrogens is 1. The number of carbonyl (C=O) groups excluding carboxylic acids is 1. The van der Waals surface area contributed by atoms with Gasteiger partial charge in [0, 0.05) is 11.8 Å². The van der Waals surface area contributed by atoms with Crippen LogP contribution in [0.3, 0.4) is 0 Å². The van der Waals surface area contributed by atoms with E-state index in [1.807, 2.05) is 13.8 Å². The molecule has 138 valence electrons. The van der Waals surface area contributed by atoms with Gasteiger partial charge >= 0.3 is 6.29 Å². The highest BCUT2D eigenvalue weighted by Crippen LogP contribution is 2.42. The maximum Gasteiger partial charge on any atom is 0.586 e. The first-order valence-electron chi connectivity index (χ1n) is 7.54. The Morgan fingerprint density at radius 3 is 2.77 bits per heavy atom. The molecule has 0 spiro atoms. The number of benzene rings is 1. The Labute approximate surface area is 151 Å². The minimum absolute atomic E-state index is 0.0975. The number of aryl methyl sites for hydroxylation is 2. The second-order valence-corrected chi connectivity index (χ2v) is 6.68. The number of alkyl halides is 2. The van der Waals surface area contributed by atoms with Crippen molar-refractivity contribution in [3.63, 3.8) is 0 Å². The highest BCUT2D eigenvalue weighted by molar-refractivity contribution is 7.13. The average Bonchev–Trinajstić information content (AvgIpc) is 3.03. The fraction of sp³-hybridized carbons (Fsp3) is 0.312. The third kappa shape index (κ3) is 4.07. The molecule has 0 bridgehead atoms. The Morgan fingerprint density at radius 1 is 1.35 bits per heavy atom. The SMILES string of the molecule is CC(=NOCC(=O)Nc1ccc2c(c1)OC(F)(F)O2)c1sc(C)nc1C. The van der Waals surface area contributed by atoms with Crippen molar-refractivity contribution in [2.24, 2.45) is 5.16 Å². The number of nitrogens with one attached hydrogen (secondary N) is 1. The van der Waals surface area contributed by atoms with Crippen LogP contribution < -0.4 is 14.8 Å². The molecule has 1 aromatic heterocycles. The van der Waals surface area contributed by atoms with Crippen LogP contribution in [0.2, 0.25) is 0 Å². The van der Waals surface area contributed by atoms with Crippen molar-refractivity contribution >= 4 is 28.6 Å². The quantitative estimate of drug-likeness (QED) is 0.632. The third-order valence-electron chi connectivity index (χ3n) is 3.31. The van der Waals surface area contributed by atoms with Crippen molar-refractivity contribution in [1.29, 1.82) is 0 Å². The van der Waals surface area contributed by atoms with Gasteiger partial charge in [0.05, 0.1) is 21.3 Å². The number of rotatable bonds is 5. The van der Waals surface area contributed by atoms with Crippen LogP contribution in [0.5, 0.6) is 11.5 Å². The summed E-state index contributed by atoms with van der Waals surface area (Å²) in [7, 11) is 0. The zero-order valence-electron chi connectivity index (χ0n) is 14.1. The number of thiazole rings is 1. The summed E-state index contributed by atoms with van der Waals surface area (Å²) in [6.45, 7) is 5.19. The van der Waals surface area contributed by atoms with Gasteiger partial charge < -0.3 is 19.6 Å². The maximum atomic E-state index is 13.0. The molecular formula is C16H15F2N3O4S. The summed E-state index contributed by atoms with van der Waals surface area (Å²) in [4.78, 5) is 22.1. The van der Waals surface area contributed by atoms with E-state index in [1.165, 1.54) is 29.5 Å². The summed E-state index contributed by atoms with van der Waals surface area (Å²) in [5, 5.41) is 7.33. The molecular weight excluding hydrogens is 368 g/mol. The molecule has 0 aliphatic carbocycles. The first kappa shape index (κ1) is 18.1. The lowest BCUT2D eigenvalue weighted by Crippen LogP contribution is -2.25. The van der Waals surface area contributed by atoms with Crippen molar-refractivity contribution in [3.05, 3.63) is 33.8 Å². The lowest BCUT2D eigenvalue weighted by atomic mass is 10.3. The van der Waals surface area contributed by atoms with Crippen molar-refractivity contribution in [2.45, 2.75) is 27.1 Å². The molecule has 1 aliphatic heterocycles. The van der Waals surface area contributed by atoms with Crippen LogP contribution in [0.15, 0.2) is 23.4 Å². The van der Waals surface area contributed by atoms with Gasteiger partial charge in [0.1, 0.15) is 0 Å². The molecule has 0 fully saturated rings. The molecule has 0 saturated heterocycles. The van der Waals surface area contributed by atoms with Gasteiger partial charge in [-0.15, -0.1) is 20.1 Å². The first-order valence-corrected chi connectivity index (χ1v) is 8.36. The van der Waals surface area contributed by atoms with Gasteiger partial charge in [0.15, 0.2) is 18.1 Å². The van der Waals surface area contributed by atoms with Gasteiger partial charge in [-0.05, 0) is 32.9 Å². The molecule has 26 heavy (non-hydrogen) atoms. The second kappa shape index (κ2) is 6.87. The number of amides is 1. The summed E-state index contributed by atoms with van der Waals surface area (Å²) in [6.07, 6.45) is -3.70. The van der Waals surface area contributed by atoms with Crippen molar-refractivity contribution in [3.8, 4) is 11.5 Å². The second-order valence-electron chi connectivity index (χ2n) is 5.47. The molecule has 2 heterocycles. The van der Waals surface area contributed by atoms with E-state index in [1.54, 1.807) is 6.92 Å². The van der Waals surface area contributed by atoms with E-state index in [9.17, 15) is 13.6 Å². The van der Waals surface area contributed by atoms with E-state index in [2.05, 4.69) is 24.9 Å². The van der Waals surface area contributed by atoms with Crippen LogP contribution >= 0.6 is 11.3 Å². The molecule has 0 radical (unpaired) electrons. The fourth-order valence-electron chi connectivity index (χ4n) is 2.32. The molecule has 0 saturated carbocycles. The van der Waals surface area contributed by atoms with Gasteiger partial charge in [-0.3, -0.25) is 4.79 Å². The minimum atomic E-state index is -3.70. The Hall–Kier alpha value is -2.75. The Morgan fingerprint density at radius 2 is 2.08 bits per heavy atom. The number of hydrogen-bond donors (Lipinski definition) is 1. The van der Waals surface area contributed by atoms with Gasteiger partial charge in [0.2, 0.25) is 0 Å². The highest BCUT2D eigenvalue weighted by atomic mass is 32.1. The van der Waals surface area contributed by atoms with Crippen LogP contribution in [-0.2, 0) is 9.63 Å². The van der Waals surface area contributed by atoms with E-state index >= 15 is 0 Å². The van der Waals surface area contributed by atoms with E-state index in [4.69, 9.17) is 4.84 Å². The monoisotopic (exact) mass is 383 g/mol. The number of fused-ring (bicyclic) bond motifs is 1. The summed E-state index contributed by atoms with van der Waals surface area (Å²) in [5.41, 5.74) is 1.73. The molecule has 10 heteroatoms. The van der Waals surface area contributed by atoms with Crippen molar-refractivity contribution in [1.82, 2.24) is 4.98 Å². The summed E-state index contributed by atoms with van der Waals surface area (Å²) < 4.78 is 34.6. The molecule has 2 aromatic rings. The topological polar surface area (TPSA) is 82.0 Å². The zero-order chi connectivity index (χ0) is 18.9. The molecule has 1 aliphatic rings. The van der Waals surface area contributed by atoms with Crippen LogP contribution in [-0.4, -0.2) is 29.5 Å². The molecule has 3 rings (SSSR count). The zero-order valence-corrected chi connectivity index (χ0v) is 14.9. The lowest BCUT2D eigenvalue weighted by Gasteiger charge is -2.06. The van der Waals surface area contributed by atoms with E-state index in [-0.39, 0.29) is 23.8 Å². The number of hydrogen-bond acceptors (Lipinski definition) is 7. The average molecular weight is 383 g/mol. The summed E-state index contributed by atoms with van der Waals surface area (Å²) in [6, 6.07) is 3.94. The van der Waals surface area contributed by atoms with E-state index in [0.29, 0.717) is 5.71 Å². The molecule has 1 aromatic carbocycles. The van der Waals surface area contributed by atoms with E-state index in [0.717, 1.165) is 15.6 Å². The smallest absolute Gasteiger partial charge is 0.395 e. The number of ether oxygens (including phenoxy) is 2. The largest absolute Gasteiger partial charge is 0.586 e. The van der Waals surface area contributed by atoms with Gasteiger partial charge in [-0.1, -0.05) is 5.16 Å². The Balaban J connectivity index is 1.55. The van der Waals surface area contributed by atoms with E-state index < -0.39 is 12.2 Å². The first-order chi connectivity index (χ1) is 12.2. The van der Waals surface area contributed by atoms with Crippen LogP contribution in [0.25, 0.3) is 0 Å². The van der Waals surface area contributed by atoms with Crippen molar-refractivity contribution in [2.75, 3.05) is 11.9 Å². The Bertz CT molecular complexity index is 882. The number of carbonyl (C=O) groups is 1. The lowest BCUT2D eigenvalue weighted by molar-refractivity contribution is -0.286. The molecule has 0 unspecified atom stereocenters. The number of oxime groups is 1. The molecule has 7 nitrogen and oxygen atoms in total. The number of nitrogens with zero attached hydrogens (tertiary/aromatic N) is 2. The van der Waals surface area contributed by atoms with Crippen LogP contribution in [0.1, 0.15) is 22.5 Å². The normalized spacial score (nSPS) is 15.0. The predicted octanol–water partition coefficient (Wildman–Crippen LogP) is 3.46. The predicted molar refractivity (Wildman–Crippen MR) is 91.0 cm³/mol. The number of halogens is 2. The van der Waals surface area contributed by atoms with Crippen molar-refractivity contribution < 1.29 is 27.9 Å². The fourth-order valence-corrected chi connectivity index (χ4v) is 3.18. The van der Waals surface area contributed by atoms with Crippen LogP contribution in [0.4, 0.5) is 14.5 Å². The highest BCUT2D eigenvalue weighted by Gasteiger charge is 2.43. The standard InChI is InChI=1S/C16H15F2N3O4S/c1-8-15(26-10(3)19-8)9(2)21-23-7-14(22)20-11-4-5-12-13(6-11)25-16(17,18)24-12/h4-6H,7H2,1-3H3,(H,20,22). The molecule has 1 N–H and O–H groups in total. The van der Waals surface area contributed by atoms with Gasteiger partial charge in [-0.25, -0.2) is 4.98 Å². The molecule has 1 amide bonds. The molecule has 0 atom stereocenters. The maximum absolute atomic E-state index is 13.0. The number of anilines is 1. The summed E-state index contributed by atoms with van der Waals surface area (Å²) >= 11 is 1.49. The minimum Gasteiger partial charge on any atom is -0.395 e. The Kier molecular flexibility index (Phi) is 4.77. The van der Waals surface area contributed by atoms with Gasteiger partial charge in [-0.2, -0.15) is 0 Å². The van der Waals surface area contributed by atoms with Crippen LogP contribution in [0, 0.1) is 13.8 Å². The summed E-state index contributed by atoms with van der Waals surface area (Å²) in [5.74, 6) is -0.747. The van der Waals surface area contributed by atoms with Gasteiger partial charge in [0.25, 0.3) is 5.91 Å².